The highest BCUT2D eigenvalue weighted by Gasteiger charge is 2.55. The summed E-state index contributed by atoms with van der Waals surface area (Å²) in [5.41, 5.74) is -4.23. The van der Waals surface area contributed by atoms with Gasteiger partial charge in [0.25, 0.3) is 22.2 Å². The molecule has 440 valence electrons. The fraction of sp³-hybridized carbons (Fsp3) is 0.585. The molecule has 39 heteroatoms. The van der Waals surface area contributed by atoms with E-state index in [1.807, 2.05) is 4.98 Å². The lowest BCUT2D eigenvalue weighted by atomic mass is 10.1. The molecule has 8 rings (SSSR count). The second kappa shape index (κ2) is 23.3. The van der Waals surface area contributed by atoms with Crippen molar-refractivity contribution in [3.63, 3.8) is 0 Å². The number of aliphatic hydroxyl groups is 3. The molecular weight excluding hydrogens is 1140 g/mol. The molecule has 0 amide bonds. The van der Waals surface area contributed by atoms with Crippen LogP contribution >= 0.6 is 23.0 Å². The summed E-state index contributed by atoms with van der Waals surface area (Å²) >= 11 is 0. The Morgan fingerprint density at radius 3 is 1.34 bits per heavy atom. The van der Waals surface area contributed by atoms with Crippen LogP contribution < -0.4 is 50.4 Å². The Hall–Kier alpha value is -5.72. The highest BCUT2D eigenvalue weighted by molar-refractivity contribution is 7.53. The van der Waals surface area contributed by atoms with Crippen molar-refractivity contribution in [1.82, 2.24) is 48.6 Å². The Kier molecular flexibility index (Phi) is 17.6. The van der Waals surface area contributed by atoms with Gasteiger partial charge in [0.2, 0.25) is 0 Å². The Balaban J connectivity index is 1.08. The molecule has 80 heavy (non-hydrogen) atoms. The van der Waals surface area contributed by atoms with Gasteiger partial charge in [0.15, 0.2) is 11.7 Å². The Bertz CT molecular complexity index is 3660. The van der Waals surface area contributed by atoms with Gasteiger partial charge >= 0.3 is 45.8 Å². The molecule has 16 atom stereocenters. The van der Waals surface area contributed by atoms with Gasteiger partial charge in [-0.1, -0.05) is 0 Å². The maximum atomic E-state index is 14.3. The number of nitrogens with zero attached hydrogens (tertiary/aromatic N) is 5. The van der Waals surface area contributed by atoms with Crippen molar-refractivity contribution < 1.29 is 81.1 Å². The summed E-state index contributed by atoms with van der Waals surface area (Å²) in [5, 5.41) is 42.8. The van der Waals surface area contributed by atoms with Gasteiger partial charge < -0.3 is 62.9 Å². The van der Waals surface area contributed by atoms with Gasteiger partial charge in [-0.05, 0) is 27.7 Å². The molecule has 4 unspecified atom stereocenters. The molecule has 13 N–H and O–H groups in total. The molecule has 4 aromatic heterocycles. The second-order valence-corrected chi connectivity index (χ2v) is 24.2. The van der Waals surface area contributed by atoms with E-state index in [4.69, 9.17) is 37.9 Å². The van der Waals surface area contributed by atoms with Crippen LogP contribution in [0.15, 0.2) is 63.1 Å². The molecule has 0 saturated carbocycles. The number of ether oxygens (including phenoxy) is 4. The Morgan fingerprint density at radius 2 is 0.938 bits per heavy atom. The minimum absolute atomic E-state index is 0.00482. The third-order valence-corrected chi connectivity index (χ3v) is 17.2. The van der Waals surface area contributed by atoms with E-state index in [0.717, 1.165) is 48.1 Å². The summed E-state index contributed by atoms with van der Waals surface area (Å²) in [4.78, 5) is 151. The first-order chi connectivity index (χ1) is 37.4. The third kappa shape index (κ3) is 12.8. The SMILES string of the molecule is Cc1cn([C@H]2C[C@H](NN(C=N)C[C@H]3O[C@@H](n4cc(C)c(=O)[nH]c4=O)C[C@@H]3OP(=O)(O)C(O)[C@H]3O[C@@H](n4cc(C)c(=O)[nH]c4=O)C[C@@H]3OP(=O)(O)O)[C@@H](C(O)P(=O)(O)O[C@H]3C[C@H](n4cc(C)c(=O)[nH]c4=O)O[C@@H]3CO)O2)c(=O)[nH]c1=O. The van der Waals surface area contributed by atoms with Crippen LogP contribution in [0.1, 0.15) is 72.8 Å². The van der Waals surface area contributed by atoms with Crippen LogP contribution in [0.4, 0.5) is 0 Å². The minimum Gasteiger partial charge on any atom is -0.394 e. The van der Waals surface area contributed by atoms with Crippen molar-refractivity contribution in [3.8, 4) is 0 Å². The highest BCUT2D eigenvalue weighted by Crippen LogP contribution is 2.57. The number of H-pyrrole nitrogens is 4. The maximum Gasteiger partial charge on any atom is 0.469 e. The number of hydrogen-bond acceptors (Lipinski definition) is 23. The number of phosphoric ester groups is 1. The number of hydrazine groups is 1. The van der Waals surface area contributed by atoms with Crippen LogP contribution in [0, 0.1) is 33.1 Å². The lowest BCUT2D eigenvalue weighted by Crippen LogP contribution is -2.53. The predicted octanol–water partition coefficient (Wildman–Crippen LogP) is -4.40. The predicted molar refractivity (Wildman–Crippen MR) is 266 cm³/mol. The summed E-state index contributed by atoms with van der Waals surface area (Å²) in [7, 11) is -16.6. The second-order valence-electron chi connectivity index (χ2n) is 19.3. The van der Waals surface area contributed by atoms with Gasteiger partial charge in [-0.25, -0.2) is 29.2 Å². The molecular formula is C41H56N11O25P3. The van der Waals surface area contributed by atoms with Gasteiger partial charge in [-0.2, -0.15) is 0 Å². The molecule has 0 spiro atoms. The van der Waals surface area contributed by atoms with E-state index >= 15 is 0 Å². The number of aliphatic hydroxyl groups excluding tert-OH is 3. The average Bonchev–Trinajstić information content (AvgIpc) is 4.17. The lowest BCUT2D eigenvalue weighted by Gasteiger charge is -2.33. The number of rotatable bonds is 20. The largest absolute Gasteiger partial charge is 0.469 e. The van der Waals surface area contributed by atoms with Gasteiger partial charge in [0.05, 0.1) is 31.6 Å². The van der Waals surface area contributed by atoms with Crippen molar-refractivity contribution in [2.45, 2.75) is 139 Å². The van der Waals surface area contributed by atoms with E-state index in [1.54, 1.807) is 0 Å². The summed E-state index contributed by atoms with van der Waals surface area (Å²) < 4.78 is 83.8. The molecule has 4 aromatic rings. The number of aromatic nitrogens is 8. The van der Waals surface area contributed by atoms with Crippen LogP contribution in [0.2, 0.25) is 0 Å². The zero-order chi connectivity index (χ0) is 58.7. The van der Waals surface area contributed by atoms with Crippen LogP contribution in [-0.4, -0.2) is 158 Å². The number of phosphoric acid groups is 1. The zero-order valence-electron chi connectivity index (χ0n) is 42.3. The quantitative estimate of drug-likeness (QED) is 0.0172. The van der Waals surface area contributed by atoms with Crippen LogP contribution in [0.25, 0.3) is 0 Å². The van der Waals surface area contributed by atoms with Gasteiger partial charge in [-0.3, -0.25) is 81.5 Å². The van der Waals surface area contributed by atoms with E-state index in [9.17, 15) is 86.9 Å². The maximum absolute atomic E-state index is 14.3. The van der Waals surface area contributed by atoms with E-state index in [2.05, 4.69) is 20.4 Å². The first-order valence-corrected chi connectivity index (χ1v) is 28.9. The zero-order valence-corrected chi connectivity index (χ0v) is 45.0. The number of aryl methyl sites for hydroxylation is 4. The number of nitrogens with one attached hydrogen (secondary N) is 6. The molecule has 0 aliphatic carbocycles. The molecule has 4 fully saturated rings. The molecule has 4 aliphatic rings. The number of aromatic amines is 4. The fourth-order valence-corrected chi connectivity index (χ4v) is 12.9. The Labute approximate surface area is 445 Å². The van der Waals surface area contributed by atoms with Gasteiger partial charge in [0, 0.05) is 72.7 Å². The van der Waals surface area contributed by atoms with Gasteiger partial charge in [-0.15, -0.1) is 0 Å². The summed E-state index contributed by atoms with van der Waals surface area (Å²) in [6.45, 7) is 3.87. The van der Waals surface area contributed by atoms with Gasteiger partial charge in [0.1, 0.15) is 61.5 Å². The molecule has 36 nitrogen and oxygen atoms in total. The van der Waals surface area contributed by atoms with Crippen molar-refractivity contribution in [2.75, 3.05) is 13.2 Å². The molecule has 0 bridgehead atoms. The van der Waals surface area contributed by atoms with Crippen molar-refractivity contribution in [1.29, 1.82) is 5.41 Å². The van der Waals surface area contributed by atoms with E-state index in [-0.39, 0.29) is 28.7 Å². The first-order valence-electron chi connectivity index (χ1n) is 24.0. The molecule has 4 aliphatic heterocycles. The van der Waals surface area contributed by atoms with E-state index in [0.29, 0.717) is 6.34 Å². The van der Waals surface area contributed by atoms with E-state index < -0.39 is 186 Å². The lowest BCUT2D eigenvalue weighted by molar-refractivity contribution is -0.0697. The molecule has 0 aromatic carbocycles. The summed E-state index contributed by atoms with van der Waals surface area (Å²) in [5.74, 6) is -5.33. The molecule has 0 radical (unpaired) electrons. The topological polar surface area (TPSA) is 516 Å². The molecule has 4 saturated heterocycles. The monoisotopic (exact) mass is 1200 g/mol. The normalized spacial score (nSPS) is 29.3. The standard InChI is InChI=1S/C41H56N11O25P3/c1-16-9-49(38(60)43-32(16)54)26-5-20(30(73-26)36(58)78(64,65)76-22-7-28(72-25(22)14-53)51-11-18(3)34(56)45-40(51)62)47-48(15-42)13-24-21(6-27(71-24)50-10-17(2)33(55)44-39(50)61)75-79(66,67)37(59)31-23(77-80(68,69)70)8-29(74-31)52-12-19(4)35(57)46-41(52)63/h9-12,15,20-31,36-37,42,47,53,58-59H,5-8,13-14H2,1-4H3,(H,64,65)(H,66,67)(H,43,54,60)(H,44,55,61)(H,45,56,62)(H,46,57,63)(H2,68,69,70)/t20-,21-,22-,23-,24+,25+,26+,27+,28+,29+,30-,31-,36?,37?/m0/s1. The van der Waals surface area contributed by atoms with Crippen molar-refractivity contribution in [2.24, 2.45) is 0 Å². The van der Waals surface area contributed by atoms with Crippen LogP contribution in [0.5, 0.6) is 0 Å². The minimum atomic E-state index is -5.65. The average molecular weight is 1200 g/mol. The third-order valence-electron chi connectivity index (χ3n) is 13.6. The molecule has 8 heterocycles. The Morgan fingerprint density at radius 1 is 0.588 bits per heavy atom. The number of hydrogen-bond donors (Lipinski definition) is 13. The summed E-state index contributed by atoms with van der Waals surface area (Å²) in [6, 6.07) is -1.47. The smallest absolute Gasteiger partial charge is 0.394 e. The van der Waals surface area contributed by atoms with Crippen molar-refractivity contribution in [3.05, 3.63) is 130 Å². The first kappa shape index (κ1) is 60.4. The fourth-order valence-electron chi connectivity index (χ4n) is 9.57. The van der Waals surface area contributed by atoms with Crippen LogP contribution in [-0.2, 0) is 46.2 Å². The van der Waals surface area contributed by atoms with Crippen molar-refractivity contribution >= 4 is 29.4 Å². The summed E-state index contributed by atoms with van der Waals surface area (Å²) in [6.07, 6.45) is -15.1. The van der Waals surface area contributed by atoms with E-state index in [1.165, 1.54) is 27.7 Å². The van der Waals surface area contributed by atoms with Crippen LogP contribution in [0.3, 0.4) is 0 Å². The highest BCUT2D eigenvalue weighted by atomic mass is 31.2.